The van der Waals surface area contributed by atoms with Crippen LogP contribution in [0.5, 0.6) is 5.75 Å². The molecule has 23 heavy (non-hydrogen) atoms. The maximum absolute atomic E-state index is 12.2. The summed E-state index contributed by atoms with van der Waals surface area (Å²) in [5, 5.41) is 5.92. The molecule has 0 saturated heterocycles. The van der Waals surface area contributed by atoms with Crippen LogP contribution in [0.4, 0.5) is 11.4 Å². The van der Waals surface area contributed by atoms with Gasteiger partial charge in [0, 0.05) is 17.6 Å². The Bertz CT molecular complexity index is 718. The monoisotopic (exact) mass is 332 g/mol. The maximum atomic E-state index is 12.2. The predicted octanol–water partition coefficient (Wildman–Crippen LogP) is 3.70. The molecule has 0 saturated carbocycles. The number of rotatable bonds is 5. The van der Waals surface area contributed by atoms with Crippen molar-refractivity contribution in [1.82, 2.24) is 0 Å². The number of ether oxygens (including phenoxy) is 1. The smallest absolute Gasteiger partial charge is 0.265 e. The molecule has 1 atom stereocenters. The highest BCUT2D eigenvalue weighted by Crippen LogP contribution is 2.25. The van der Waals surface area contributed by atoms with Crippen LogP contribution in [0.25, 0.3) is 0 Å². The number of benzene rings is 2. The third-order valence-corrected chi connectivity index (χ3v) is 3.20. The molecular weight excluding hydrogens is 316 g/mol. The lowest BCUT2D eigenvalue weighted by molar-refractivity contribution is -0.122. The van der Waals surface area contributed by atoms with Gasteiger partial charge in [-0.2, -0.15) is 0 Å². The average Bonchev–Trinajstić information content (AvgIpc) is 2.48. The van der Waals surface area contributed by atoms with E-state index in [9.17, 15) is 9.59 Å². The number of anilines is 2. The molecular formula is C17H17ClN2O3. The van der Waals surface area contributed by atoms with E-state index < -0.39 is 6.10 Å². The molecule has 0 aliphatic rings. The molecule has 0 radical (unpaired) electrons. The fourth-order valence-electron chi connectivity index (χ4n) is 1.92. The van der Waals surface area contributed by atoms with Crippen LogP contribution in [0.15, 0.2) is 48.5 Å². The van der Waals surface area contributed by atoms with E-state index in [4.69, 9.17) is 16.3 Å². The summed E-state index contributed by atoms with van der Waals surface area (Å²) in [5.41, 5.74) is 1.11. The van der Waals surface area contributed by atoms with Crippen molar-refractivity contribution in [1.29, 1.82) is 0 Å². The topological polar surface area (TPSA) is 67.4 Å². The number of nitrogens with one attached hydrogen (secondary N) is 2. The lowest BCUT2D eigenvalue weighted by Gasteiger charge is -2.17. The Morgan fingerprint density at radius 2 is 1.83 bits per heavy atom. The van der Waals surface area contributed by atoms with Crippen LogP contribution in [0, 0.1) is 0 Å². The van der Waals surface area contributed by atoms with Crippen LogP contribution in [0.1, 0.15) is 13.8 Å². The Morgan fingerprint density at radius 1 is 1.09 bits per heavy atom. The van der Waals surface area contributed by atoms with Gasteiger partial charge in [0.25, 0.3) is 5.91 Å². The molecule has 2 N–H and O–H groups in total. The number of hydrogen-bond acceptors (Lipinski definition) is 3. The lowest BCUT2D eigenvalue weighted by Crippen LogP contribution is -2.30. The molecule has 2 aromatic rings. The first-order valence-corrected chi connectivity index (χ1v) is 7.43. The summed E-state index contributed by atoms with van der Waals surface area (Å²) in [4.78, 5) is 23.4. The average molecular weight is 333 g/mol. The largest absolute Gasteiger partial charge is 0.479 e. The van der Waals surface area contributed by atoms with Gasteiger partial charge in [0.05, 0.1) is 5.69 Å². The van der Waals surface area contributed by atoms with E-state index >= 15 is 0 Å². The van der Waals surface area contributed by atoms with Gasteiger partial charge in [-0.3, -0.25) is 9.59 Å². The number of amides is 2. The van der Waals surface area contributed by atoms with E-state index in [0.717, 1.165) is 0 Å². The van der Waals surface area contributed by atoms with E-state index in [1.807, 2.05) is 0 Å². The molecule has 2 amide bonds. The first-order chi connectivity index (χ1) is 11.0. The minimum absolute atomic E-state index is 0.211. The minimum atomic E-state index is -0.746. The predicted molar refractivity (Wildman–Crippen MR) is 90.9 cm³/mol. The van der Waals surface area contributed by atoms with E-state index in [2.05, 4.69) is 10.6 Å². The van der Waals surface area contributed by atoms with Gasteiger partial charge in [-0.1, -0.05) is 29.8 Å². The van der Waals surface area contributed by atoms with Crippen molar-refractivity contribution in [3.63, 3.8) is 0 Å². The van der Waals surface area contributed by atoms with E-state index in [0.29, 0.717) is 22.1 Å². The van der Waals surface area contributed by atoms with Gasteiger partial charge in [-0.25, -0.2) is 0 Å². The third-order valence-electron chi connectivity index (χ3n) is 2.96. The van der Waals surface area contributed by atoms with Crippen molar-refractivity contribution in [2.45, 2.75) is 20.0 Å². The summed E-state index contributed by atoms with van der Waals surface area (Å²) < 4.78 is 5.65. The molecule has 120 valence electrons. The Kier molecular flexibility index (Phi) is 5.60. The van der Waals surface area contributed by atoms with Crippen LogP contribution >= 0.6 is 11.6 Å². The number of carbonyl (C=O) groups is 2. The highest BCUT2D eigenvalue weighted by molar-refractivity contribution is 6.30. The fraction of sp³-hybridized carbons (Fsp3) is 0.176. The molecule has 0 aromatic heterocycles. The Labute approximate surface area is 139 Å². The van der Waals surface area contributed by atoms with Crippen LogP contribution < -0.4 is 15.4 Å². The SMILES string of the molecule is CC(=O)Nc1ccccc1O[C@H](C)C(=O)Nc1cccc(Cl)c1. The van der Waals surface area contributed by atoms with Gasteiger partial charge in [0.2, 0.25) is 5.91 Å². The van der Waals surface area contributed by atoms with Crippen LogP contribution in [-0.2, 0) is 9.59 Å². The van der Waals surface area contributed by atoms with Gasteiger partial charge >= 0.3 is 0 Å². The zero-order valence-electron chi connectivity index (χ0n) is 12.8. The van der Waals surface area contributed by atoms with Crippen LogP contribution in [0.2, 0.25) is 5.02 Å². The molecule has 0 bridgehead atoms. The standard InChI is InChI=1S/C17H17ClN2O3/c1-11(17(22)20-14-7-5-6-13(18)10-14)23-16-9-4-3-8-15(16)19-12(2)21/h3-11H,1-2H3,(H,19,21)(H,20,22)/t11-/m1/s1. The first kappa shape index (κ1) is 16.8. The molecule has 0 unspecified atom stereocenters. The number of carbonyl (C=O) groups excluding carboxylic acids is 2. The number of halogens is 1. The Morgan fingerprint density at radius 3 is 2.52 bits per heavy atom. The second-order valence-corrected chi connectivity index (χ2v) is 5.37. The van der Waals surface area contributed by atoms with Crippen molar-refractivity contribution in [2.24, 2.45) is 0 Å². The second-order valence-electron chi connectivity index (χ2n) is 4.94. The Hall–Kier alpha value is -2.53. The van der Waals surface area contributed by atoms with E-state index in [1.54, 1.807) is 55.5 Å². The number of para-hydroxylation sites is 2. The highest BCUT2D eigenvalue weighted by Gasteiger charge is 2.17. The maximum Gasteiger partial charge on any atom is 0.265 e. The molecule has 0 aliphatic carbocycles. The van der Waals surface area contributed by atoms with Gasteiger partial charge < -0.3 is 15.4 Å². The fourth-order valence-corrected chi connectivity index (χ4v) is 2.11. The zero-order valence-corrected chi connectivity index (χ0v) is 13.6. The molecule has 0 heterocycles. The minimum Gasteiger partial charge on any atom is -0.479 e. The summed E-state index contributed by atoms with van der Waals surface area (Å²) in [6, 6.07) is 13.8. The van der Waals surface area contributed by atoms with E-state index in [1.165, 1.54) is 6.92 Å². The molecule has 0 spiro atoms. The summed E-state index contributed by atoms with van der Waals surface area (Å²) in [5.74, 6) is -0.0987. The summed E-state index contributed by atoms with van der Waals surface area (Å²) >= 11 is 5.88. The summed E-state index contributed by atoms with van der Waals surface area (Å²) in [7, 11) is 0. The summed E-state index contributed by atoms with van der Waals surface area (Å²) in [6.45, 7) is 3.04. The van der Waals surface area contributed by atoms with Crippen molar-refractivity contribution in [3.05, 3.63) is 53.6 Å². The van der Waals surface area contributed by atoms with Crippen molar-refractivity contribution in [3.8, 4) is 5.75 Å². The summed E-state index contributed by atoms with van der Waals surface area (Å²) in [6.07, 6.45) is -0.746. The van der Waals surface area contributed by atoms with Gasteiger partial charge in [-0.15, -0.1) is 0 Å². The number of hydrogen-bond donors (Lipinski definition) is 2. The molecule has 0 aliphatic heterocycles. The quantitative estimate of drug-likeness (QED) is 0.877. The molecule has 6 heteroatoms. The van der Waals surface area contributed by atoms with Crippen LogP contribution in [-0.4, -0.2) is 17.9 Å². The van der Waals surface area contributed by atoms with Gasteiger partial charge in [0.1, 0.15) is 5.75 Å². The van der Waals surface area contributed by atoms with Crippen molar-refractivity contribution >= 4 is 34.8 Å². The third kappa shape index (κ3) is 5.00. The highest BCUT2D eigenvalue weighted by atomic mass is 35.5. The molecule has 2 aromatic carbocycles. The Balaban J connectivity index is 2.05. The normalized spacial score (nSPS) is 11.4. The van der Waals surface area contributed by atoms with Crippen molar-refractivity contribution in [2.75, 3.05) is 10.6 Å². The van der Waals surface area contributed by atoms with Gasteiger partial charge in [-0.05, 0) is 37.3 Å². The van der Waals surface area contributed by atoms with Gasteiger partial charge in [0.15, 0.2) is 6.10 Å². The van der Waals surface area contributed by atoms with Crippen molar-refractivity contribution < 1.29 is 14.3 Å². The first-order valence-electron chi connectivity index (χ1n) is 7.05. The lowest BCUT2D eigenvalue weighted by atomic mass is 10.2. The molecule has 5 nitrogen and oxygen atoms in total. The van der Waals surface area contributed by atoms with Crippen LogP contribution in [0.3, 0.4) is 0 Å². The zero-order chi connectivity index (χ0) is 16.8. The van der Waals surface area contributed by atoms with E-state index in [-0.39, 0.29) is 11.8 Å². The molecule has 0 fully saturated rings. The molecule has 2 rings (SSSR count). The second kappa shape index (κ2) is 7.65.